The molecule has 0 aliphatic carbocycles. The van der Waals surface area contributed by atoms with Crippen LogP contribution in [0.5, 0.6) is 5.75 Å². The molecule has 102 valence electrons. The van der Waals surface area contributed by atoms with E-state index in [-0.39, 0.29) is 10.5 Å². The van der Waals surface area contributed by atoms with Crippen LogP contribution in [0.3, 0.4) is 0 Å². The number of hydrogen-bond acceptors (Lipinski definition) is 4. The highest BCUT2D eigenvalue weighted by molar-refractivity contribution is 7.71. The summed E-state index contributed by atoms with van der Waals surface area (Å²) in [5.41, 5.74) is 1.91. The molecule has 20 heavy (non-hydrogen) atoms. The average Bonchev–Trinajstić information content (AvgIpc) is 2.84. The van der Waals surface area contributed by atoms with Crippen molar-refractivity contribution < 1.29 is 4.74 Å². The summed E-state index contributed by atoms with van der Waals surface area (Å²) in [7, 11) is 0. The minimum atomic E-state index is -0.336. The van der Waals surface area contributed by atoms with Crippen molar-refractivity contribution in [3.8, 4) is 16.9 Å². The quantitative estimate of drug-likeness (QED) is 0.724. The predicted octanol–water partition coefficient (Wildman–Crippen LogP) is 2.15. The Morgan fingerprint density at radius 1 is 1.35 bits per heavy atom. The molecule has 0 aliphatic heterocycles. The molecule has 2 aromatic heterocycles. The SMILES string of the molecule is CCOc1ccc(-c2c[nH]n3c(=O)[nH]c(=S)nc23)cc1. The van der Waals surface area contributed by atoms with Gasteiger partial charge in [0.25, 0.3) is 0 Å². The maximum absolute atomic E-state index is 11.7. The Balaban J connectivity index is 2.14. The molecule has 3 rings (SSSR count). The fourth-order valence-corrected chi connectivity index (χ4v) is 2.20. The first-order valence-corrected chi connectivity index (χ1v) is 6.53. The van der Waals surface area contributed by atoms with E-state index in [9.17, 15) is 4.79 Å². The molecule has 0 saturated heterocycles. The molecule has 6 nitrogen and oxygen atoms in total. The van der Waals surface area contributed by atoms with Gasteiger partial charge in [-0.15, -0.1) is 0 Å². The number of nitrogens with zero attached hydrogens (tertiary/aromatic N) is 2. The lowest BCUT2D eigenvalue weighted by molar-refractivity contribution is 0.340. The number of nitrogens with one attached hydrogen (secondary N) is 2. The summed E-state index contributed by atoms with van der Waals surface area (Å²) in [6.07, 6.45) is 1.72. The predicted molar refractivity (Wildman–Crippen MR) is 77.6 cm³/mol. The third kappa shape index (κ3) is 2.12. The Morgan fingerprint density at radius 3 is 2.80 bits per heavy atom. The van der Waals surface area contributed by atoms with Crippen molar-refractivity contribution in [3.05, 3.63) is 45.7 Å². The van der Waals surface area contributed by atoms with Crippen LogP contribution in [0.2, 0.25) is 0 Å². The second kappa shape index (κ2) is 4.93. The van der Waals surface area contributed by atoms with E-state index < -0.39 is 0 Å². The van der Waals surface area contributed by atoms with Crippen molar-refractivity contribution in [3.63, 3.8) is 0 Å². The highest BCUT2D eigenvalue weighted by Crippen LogP contribution is 2.24. The van der Waals surface area contributed by atoms with Crippen LogP contribution in [0.15, 0.2) is 35.3 Å². The van der Waals surface area contributed by atoms with Crippen molar-refractivity contribution in [1.82, 2.24) is 19.6 Å². The minimum absolute atomic E-state index is 0.168. The Morgan fingerprint density at radius 2 is 2.10 bits per heavy atom. The molecule has 0 bridgehead atoms. The van der Waals surface area contributed by atoms with Gasteiger partial charge in [0.15, 0.2) is 5.65 Å². The van der Waals surface area contributed by atoms with E-state index in [2.05, 4.69) is 15.1 Å². The van der Waals surface area contributed by atoms with Crippen molar-refractivity contribution in [2.24, 2.45) is 0 Å². The molecular weight excluding hydrogens is 276 g/mol. The highest BCUT2D eigenvalue weighted by atomic mass is 32.1. The number of aromatic amines is 2. The van der Waals surface area contributed by atoms with Gasteiger partial charge in [0.05, 0.1) is 6.61 Å². The first-order valence-electron chi connectivity index (χ1n) is 6.12. The molecule has 2 heterocycles. The smallest absolute Gasteiger partial charge is 0.348 e. The van der Waals surface area contributed by atoms with E-state index >= 15 is 0 Å². The van der Waals surface area contributed by atoms with E-state index in [0.29, 0.717) is 12.3 Å². The number of H-pyrrole nitrogens is 2. The lowest BCUT2D eigenvalue weighted by atomic mass is 10.1. The maximum atomic E-state index is 11.7. The Labute approximate surface area is 119 Å². The van der Waals surface area contributed by atoms with Crippen LogP contribution in [0, 0.1) is 4.77 Å². The molecule has 3 aromatic rings. The van der Waals surface area contributed by atoms with Crippen molar-refractivity contribution in [2.45, 2.75) is 6.92 Å². The maximum Gasteiger partial charge on any atom is 0.348 e. The van der Waals surface area contributed by atoms with E-state index in [1.807, 2.05) is 31.2 Å². The first-order chi connectivity index (χ1) is 9.69. The fraction of sp³-hybridized carbons (Fsp3) is 0.154. The number of hydrogen-bond donors (Lipinski definition) is 2. The zero-order valence-electron chi connectivity index (χ0n) is 10.7. The van der Waals surface area contributed by atoms with Crippen molar-refractivity contribution >= 4 is 17.9 Å². The standard InChI is InChI=1S/C13H12N4O2S/c1-2-19-9-5-3-8(4-6-9)10-7-14-17-11(10)15-12(20)16-13(17)18/h3-7,14H,2H2,1H3,(H,16,18,20). The lowest BCUT2D eigenvalue weighted by Crippen LogP contribution is -2.18. The molecule has 1 aromatic carbocycles. The first kappa shape index (κ1) is 12.6. The van der Waals surface area contributed by atoms with Crippen molar-refractivity contribution in [2.75, 3.05) is 6.61 Å². The van der Waals surface area contributed by atoms with Crippen molar-refractivity contribution in [1.29, 1.82) is 0 Å². The lowest BCUT2D eigenvalue weighted by Gasteiger charge is -2.03. The summed E-state index contributed by atoms with van der Waals surface area (Å²) < 4.78 is 6.89. The largest absolute Gasteiger partial charge is 0.494 e. The highest BCUT2D eigenvalue weighted by Gasteiger charge is 2.09. The van der Waals surface area contributed by atoms with Gasteiger partial charge in [-0.3, -0.25) is 10.1 Å². The molecule has 0 spiro atoms. The van der Waals surface area contributed by atoms with Crippen LogP contribution in [-0.2, 0) is 0 Å². The van der Waals surface area contributed by atoms with Gasteiger partial charge in [0.2, 0.25) is 4.77 Å². The zero-order chi connectivity index (χ0) is 14.1. The normalized spacial score (nSPS) is 10.8. The molecule has 0 radical (unpaired) electrons. The molecular formula is C13H12N4O2S. The van der Waals surface area contributed by atoms with Gasteiger partial charge in [0, 0.05) is 11.8 Å². The van der Waals surface area contributed by atoms with Gasteiger partial charge < -0.3 is 4.74 Å². The number of rotatable bonds is 3. The topological polar surface area (TPSA) is 75.2 Å². The number of fused-ring (bicyclic) bond motifs is 1. The Kier molecular flexibility index (Phi) is 3.11. The van der Waals surface area contributed by atoms with Gasteiger partial charge in [-0.05, 0) is 36.8 Å². The zero-order valence-corrected chi connectivity index (χ0v) is 11.5. The van der Waals surface area contributed by atoms with Gasteiger partial charge in [-0.1, -0.05) is 12.1 Å². The summed E-state index contributed by atoms with van der Waals surface area (Å²) in [6.45, 7) is 2.56. The van der Waals surface area contributed by atoms with Gasteiger partial charge in [-0.25, -0.2) is 4.79 Å². The molecule has 0 atom stereocenters. The fourth-order valence-electron chi connectivity index (χ4n) is 2.02. The molecule has 0 aliphatic rings. The van der Waals surface area contributed by atoms with Crippen LogP contribution < -0.4 is 10.4 Å². The minimum Gasteiger partial charge on any atom is -0.494 e. The van der Waals surface area contributed by atoms with Crippen LogP contribution in [0.1, 0.15) is 6.92 Å². The molecule has 7 heteroatoms. The van der Waals surface area contributed by atoms with Crippen LogP contribution in [-0.4, -0.2) is 26.2 Å². The van der Waals surface area contributed by atoms with Gasteiger partial charge in [0.1, 0.15) is 5.75 Å². The number of benzene rings is 1. The van der Waals surface area contributed by atoms with E-state index in [4.69, 9.17) is 17.0 Å². The second-order valence-corrected chi connectivity index (χ2v) is 4.54. The summed E-state index contributed by atoms with van der Waals surface area (Å²) in [6, 6.07) is 7.59. The van der Waals surface area contributed by atoms with Crippen LogP contribution in [0.25, 0.3) is 16.8 Å². The number of aromatic nitrogens is 4. The van der Waals surface area contributed by atoms with E-state index in [1.165, 1.54) is 4.52 Å². The van der Waals surface area contributed by atoms with Crippen LogP contribution >= 0.6 is 12.2 Å². The Bertz CT molecular complexity index is 860. The molecule has 0 amide bonds. The average molecular weight is 288 g/mol. The van der Waals surface area contributed by atoms with E-state index in [1.54, 1.807) is 6.20 Å². The molecule has 0 saturated carbocycles. The third-order valence-electron chi connectivity index (χ3n) is 2.89. The number of ether oxygens (including phenoxy) is 1. The molecule has 0 unspecified atom stereocenters. The van der Waals surface area contributed by atoms with E-state index in [0.717, 1.165) is 16.9 Å². The molecule has 2 N–H and O–H groups in total. The Hall–Kier alpha value is -2.41. The third-order valence-corrected chi connectivity index (χ3v) is 3.08. The summed E-state index contributed by atoms with van der Waals surface area (Å²) in [4.78, 5) is 18.4. The summed E-state index contributed by atoms with van der Waals surface area (Å²) in [5, 5.41) is 2.85. The van der Waals surface area contributed by atoms with Crippen LogP contribution in [0.4, 0.5) is 0 Å². The monoisotopic (exact) mass is 288 g/mol. The van der Waals surface area contributed by atoms with Gasteiger partial charge >= 0.3 is 5.69 Å². The van der Waals surface area contributed by atoms with Gasteiger partial charge in [-0.2, -0.15) is 9.50 Å². The summed E-state index contributed by atoms with van der Waals surface area (Å²) >= 11 is 4.94. The second-order valence-electron chi connectivity index (χ2n) is 4.15. The summed E-state index contributed by atoms with van der Waals surface area (Å²) in [5.74, 6) is 0.804. The molecule has 0 fully saturated rings.